The monoisotopic (exact) mass is 266 g/mol. The van der Waals surface area contributed by atoms with Crippen molar-refractivity contribution in [2.24, 2.45) is 11.8 Å². The molecule has 1 aromatic rings. The van der Waals surface area contributed by atoms with E-state index >= 15 is 0 Å². The van der Waals surface area contributed by atoms with Crippen molar-refractivity contribution in [1.29, 1.82) is 0 Å². The molecule has 0 radical (unpaired) electrons. The molecular formula is C17H27Cl. The summed E-state index contributed by atoms with van der Waals surface area (Å²) in [6.07, 6.45) is 4.96. The lowest BCUT2D eigenvalue weighted by Gasteiger charge is -2.33. The lowest BCUT2D eigenvalue weighted by molar-refractivity contribution is 0.279. The van der Waals surface area contributed by atoms with E-state index in [4.69, 9.17) is 11.6 Å². The summed E-state index contributed by atoms with van der Waals surface area (Å²) in [4.78, 5) is 0. The van der Waals surface area contributed by atoms with E-state index in [1.165, 1.54) is 31.2 Å². The van der Waals surface area contributed by atoms with E-state index in [1.54, 1.807) is 0 Å². The first kappa shape index (κ1) is 15.6. The van der Waals surface area contributed by atoms with Crippen LogP contribution in [-0.4, -0.2) is 0 Å². The summed E-state index contributed by atoms with van der Waals surface area (Å²) in [6.45, 7) is 9.22. The molecule has 0 aliphatic carbocycles. The van der Waals surface area contributed by atoms with Gasteiger partial charge in [-0.1, -0.05) is 83.2 Å². The Morgan fingerprint density at radius 2 is 1.28 bits per heavy atom. The molecule has 1 aromatic carbocycles. The van der Waals surface area contributed by atoms with E-state index in [0.717, 1.165) is 16.9 Å². The molecule has 18 heavy (non-hydrogen) atoms. The van der Waals surface area contributed by atoms with Crippen molar-refractivity contribution in [3.63, 3.8) is 0 Å². The molecule has 0 aliphatic heterocycles. The van der Waals surface area contributed by atoms with E-state index in [2.05, 4.69) is 39.8 Å². The minimum atomic E-state index is 0.615. The summed E-state index contributed by atoms with van der Waals surface area (Å²) in [5, 5.41) is 0.946. The van der Waals surface area contributed by atoms with Crippen LogP contribution in [0.15, 0.2) is 24.3 Å². The fourth-order valence-corrected chi connectivity index (χ4v) is 3.49. The van der Waals surface area contributed by atoms with Crippen molar-refractivity contribution in [3.05, 3.63) is 34.9 Å². The maximum Gasteiger partial charge on any atom is 0.0441 e. The number of benzene rings is 1. The third-order valence-corrected chi connectivity index (χ3v) is 4.72. The van der Waals surface area contributed by atoms with Crippen molar-refractivity contribution in [2.45, 2.75) is 59.3 Å². The minimum Gasteiger partial charge on any atom is -0.0840 e. The average molecular weight is 267 g/mol. The van der Waals surface area contributed by atoms with Crippen molar-refractivity contribution in [2.75, 3.05) is 0 Å². The van der Waals surface area contributed by atoms with E-state index in [1.807, 2.05) is 12.1 Å². The van der Waals surface area contributed by atoms with Gasteiger partial charge < -0.3 is 0 Å². The van der Waals surface area contributed by atoms with Crippen LogP contribution in [0.1, 0.15) is 64.9 Å². The topological polar surface area (TPSA) is 0 Å². The molecule has 0 saturated carbocycles. The average Bonchev–Trinajstić information content (AvgIpc) is 2.40. The molecule has 0 fully saturated rings. The van der Waals surface area contributed by atoms with Crippen LogP contribution in [0.5, 0.6) is 0 Å². The van der Waals surface area contributed by atoms with Crippen LogP contribution in [0, 0.1) is 11.8 Å². The van der Waals surface area contributed by atoms with Crippen LogP contribution in [0.25, 0.3) is 0 Å². The third kappa shape index (κ3) is 3.51. The molecule has 0 saturated heterocycles. The van der Waals surface area contributed by atoms with Gasteiger partial charge in [-0.3, -0.25) is 0 Å². The highest BCUT2D eigenvalue weighted by molar-refractivity contribution is 6.31. The molecule has 1 heteroatoms. The molecule has 0 unspecified atom stereocenters. The summed E-state index contributed by atoms with van der Waals surface area (Å²) in [7, 11) is 0. The van der Waals surface area contributed by atoms with Crippen molar-refractivity contribution in [1.82, 2.24) is 0 Å². The van der Waals surface area contributed by atoms with Crippen molar-refractivity contribution >= 4 is 11.6 Å². The normalized spacial score (nSPS) is 11.8. The lowest BCUT2D eigenvalue weighted by atomic mass is 9.72. The number of rotatable bonds is 7. The Hall–Kier alpha value is -0.490. The van der Waals surface area contributed by atoms with Crippen molar-refractivity contribution in [3.8, 4) is 0 Å². The van der Waals surface area contributed by atoms with Gasteiger partial charge in [0.1, 0.15) is 0 Å². The molecule has 102 valence electrons. The quantitative estimate of drug-likeness (QED) is 0.544. The molecule has 0 N–H and O–H groups in total. The van der Waals surface area contributed by atoms with Gasteiger partial charge in [0.25, 0.3) is 0 Å². The molecule has 0 aliphatic rings. The highest BCUT2D eigenvalue weighted by atomic mass is 35.5. The SMILES string of the molecule is CCC(CC)C(c1ccccc1Cl)C(CC)CC. The fourth-order valence-electron chi connectivity index (χ4n) is 3.23. The second-order valence-electron chi connectivity index (χ2n) is 5.20. The molecule has 0 aromatic heterocycles. The van der Waals surface area contributed by atoms with Gasteiger partial charge in [-0.2, -0.15) is 0 Å². The zero-order valence-corrected chi connectivity index (χ0v) is 13.0. The first-order chi connectivity index (χ1) is 8.69. The summed E-state index contributed by atoms with van der Waals surface area (Å²) < 4.78 is 0. The Bertz CT molecular complexity index is 325. The Morgan fingerprint density at radius 1 is 0.833 bits per heavy atom. The predicted molar refractivity (Wildman–Crippen MR) is 82.3 cm³/mol. The number of halogens is 1. The van der Waals surface area contributed by atoms with Crippen LogP contribution in [0.4, 0.5) is 0 Å². The van der Waals surface area contributed by atoms with Gasteiger partial charge >= 0.3 is 0 Å². The maximum atomic E-state index is 6.44. The highest BCUT2D eigenvalue weighted by Gasteiger charge is 2.28. The zero-order chi connectivity index (χ0) is 13.5. The molecular weight excluding hydrogens is 240 g/mol. The first-order valence-electron chi connectivity index (χ1n) is 7.43. The van der Waals surface area contributed by atoms with Gasteiger partial charge in [0, 0.05) is 5.02 Å². The van der Waals surface area contributed by atoms with E-state index in [9.17, 15) is 0 Å². The predicted octanol–water partition coefficient (Wildman–Crippen LogP) is 6.30. The Balaban J connectivity index is 3.15. The van der Waals surface area contributed by atoms with Gasteiger partial charge in [-0.05, 0) is 29.4 Å². The Kier molecular flexibility index (Phi) is 6.78. The van der Waals surface area contributed by atoms with Gasteiger partial charge in [0.05, 0.1) is 0 Å². The van der Waals surface area contributed by atoms with Gasteiger partial charge in [0.2, 0.25) is 0 Å². The Morgan fingerprint density at radius 3 is 1.67 bits per heavy atom. The smallest absolute Gasteiger partial charge is 0.0441 e. The zero-order valence-electron chi connectivity index (χ0n) is 12.2. The first-order valence-corrected chi connectivity index (χ1v) is 7.81. The van der Waals surface area contributed by atoms with Crippen LogP contribution in [-0.2, 0) is 0 Å². The minimum absolute atomic E-state index is 0.615. The second kappa shape index (κ2) is 7.84. The molecule has 0 heterocycles. The third-order valence-electron chi connectivity index (χ3n) is 4.38. The second-order valence-corrected chi connectivity index (χ2v) is 5.61. The lowest BCUT2D eigenvalue weighted by Crippen LogP contribution is -2.21. The fraction of sp³-hybridized carbons (Fsp3) is 0.647. The van der Waals surface area contributed by atoms with Crippen LogP contribution < -0.4 is 0 Å². The number of hydrogen-bond acceptors (Lipinski definition) is 0. The maximum absolute atomic E-state index is 6.44. The Labute approximate surface area is 118 Å². The van der Waals surface area contributed by atoms with E-state index < -0.39 is 0 Å². The molecule has 1 rings (SSSR count). The molecule has 0 nitrogen and oxygen atoms in total. The van der Waals surface area contributed by atoms with Gasteiger partial charge in [0.15, 0.2) is 0 Å². The van der Waals surface area contributed by atoms with Crippen molar-refractivity contribution < 1.29 is 0 Å². The summed E-state index contributed by atoms with van der Waals surface area (Å²) in [5.41, 5.74) is 1.36. The van der Waals surface area contributed by atoms with Crippen LogP contribution in [0.3, 0.4) is 0 Å². The van der Waals surface area contributed by atoms with Crippen LogP contribution in [0.2, 0.25) is 5.02 Å². The summed E-state index contributed by atoms with van der Waals surface area (Å²) in [6, 6.07) is 8.42. The molecule has 0 bridgehead atoms. The van der Waals surface area contributed by atoms with E-state index in [0.29, 0.717) is 5.92 Å². The molecule has 0 amide bonds. The van der Waals surface area contributed by atoms with Gasteiger partial charge in [-0.25, -0.2) is 0 Å². The standard InChI is InChI=1S/C17H27Cl/c1-5-13(6-2)17(14(7-3)8-4)15-11-9-10-12-16(15)18/h9-14,17H,5-8H2,1-4H3. The van der Waals surface area contributed by atoms with Crippen LogP contribution >= 0.6 is 11.6 Å². The largest absolute Gasteiger partial charge is 0.0840 e. The summed E-state index contributed by atoms with van der Waals surface area (Å²) in [5.74, 6) is 2.10. The molecule has 0 atom stereocenters. The number of hydrogen-bond donors (Lipinski definition) is 0. The summed E-state index contributed by atoms with van der Waals surface area (Å²) >= 11 is 6.44. The van der Waals surface area contributed by atoms with Gasteiger partial charge in [-0.15, -0.1) is 0 Å². The highest BCUT2D eigenvalue weighted by Crippen LogP contribution is 2.41. The molecule has 0 spiro atoms. The van der Waals surface area contributed by atoms with E-state index in [-0.39, 0.29) is 0 Å².